The van der Waals surface area contributed by atoms with Crippen LogP contribution in [0.15, 0.2) is 0 Å². The minimum absolute atomic E-state index is 0.0380. The van der Waals surface area contributed by atoms with E-state index in [0.29, 0.717) is 0 Å². The number of hydrogen-bond acceptors (Lipinski definition) is 4. The molecule has 0 radical (unpaired) electrons. The molecule has 2 unspecified atom stereocenters. The lowest BCUT2D eigenvalue weighted by Gasteiger charge is -2.26. The molecular weight excluding hydrogens is 222 g/mol. The van der Waals surface area contributed by atoms with Gasteiger partial charge in [-0.2, -0.15) is 11.8 Å². The Labute approximate surface area is 90.7 Å². The van der Waals surface area contributed by atoms with Crippen LogP contribution in [0.25, 0.3) is 0 Å². The Morgan fingerprint density at radius 3 is 2.29 bits per heavy atom. The van der Waals surface area contributed by atoms with Crippen LogP contribution in [-0.4, -0.2) is 54.8 Å². The first kappa shape index (κ1) is 14.2. The zero-order valence-corrected chi connectivity index (χ0v) is 10.7. The van der Waals surface area contributed by atoms with E-state index in [0.717, 1.165) is 5.75 Å². The summed E-state index contributed by atoms with van der Waals surface area (Å²) < 4.78 is 24.8. The second-order valence-electron chi connectivity index (χ2n) is 3.36. The van der Waals surface area contributed by atoms with Gasteiger partial charge in [-0.05, 0) is 20.1 Å². The van der Waals surface area contributed by atoms with Crippen molar-refractivity contribution in [2.24, 2.45) is 0 Å². The minimum Gasteiger partial charge on any atom is -0.395 e. The zero-order valence-electron chi connectivity index (χ0n) is 9.10. The molecule has 0 rings (SSSR count). The second-order valence-corrected chi connectivity index (χ2v) is 6.68. The van der Waals surface area contributed by atoms with E-state index >= 15 is 0 Å². The molecule has 0 saturated heterocycles. The lowest BCUT2D eigenvalue weighted by Crippen LogP contribution is -2.42. The van der Waals surface area contributed by atoms with Gasteiger partial charge in [0.2, 0.25) is 10.0 Å². The molecule has 0 aromatic carbocycles. The molecule has 0 aliphatic heterocycles. The van der Waals surface area contributed by atoms with Gasteiger partial charge in [-0.25, -0.2) is 12.7 Å². The molecule has 0 spiro atoms. The first-order valence-corrected chi connectivity index (χ1v) is 7.34. The molecule has 1 N–H and O–H groups in total. The first-order valence-electron chi connectivity index (χ1n) is 4.44. The van der Waals surface area contributed by atoms with Crippen LogP contribution in [0.4, 0.5) is 0 Å². The Bertz CT molecular complexity index is 253. The summed E-state index contributed by atoms with van der Waals surface area (Å²) in [5.74, 6) is 0.758. The van der Waals surface area contributed by atoms with Gasteiger partial charge in [-0.3, -0.25) is 0 Å². The minimum atomic E-state index is -3.34. The summed E-state index contributed by atoms with van der Waals surface area (Å²) in [6.45, 7) is 3.04. The fourth-order valence-corrected chi connectivity index (χ4v) is 3.11. The number of aliphatic hydroxyl groups is 1. The van der Waals surface area contributed by atoms with E-state index in [2.05, 4.69) is 0 Å². The van der Waals surface area contributed by atoms with Crippen molar-refractivity contribution in [3.63, 3.8) is 0 Å². The number of hydrogen-bond donors (Lipinski definition) is 1. The summed E-state index contributed by atoms with van der Waals surface area (Å²) in [6, 6.07) is -0.0380. The monoisotopic (exact) mass is 241 g/mol. The van der Waals surface area contributed by atoms with Crippen molar-refractivity contribution in [3.05, 3.63) is 0 Å². The lowest BCUT2D eigenvalue weighted by atomic mass is 10.4. The van der Waals surface area contributed by atoms with Gasteiger partial charge in [-0.15, -0.1) is 0 Å². The summed E-state index contributed by atoms with van der Waals surface area (Å²) in [7, 11) is -1.78. The van der Waals surface area contributed by atoms with Crippen LogP contribution in [0.2, 0.25) is 0 Å². The van der Waals surface area contributed by atoms with E-state index in [1.165, 1.54) is 11.2 Å². The number of nitrogens with zero attached hydrogens (tertiary/aromatic N) is 1. The fraction of sp³-hybridized carbons (Fsp3) is 1.00. The van der Waals surface area contributed by atoms with E-state index in [-0.39, 0.29) is 12.6 Å². The molecule has 4 nitrogen and oxygen atoms in total. The van der Waals surface area contributed by atoms with Crippen LogP contribution in [0.5, 0.6) is 0 Å². The van der Waals surface area contributed by atoms with Crippen molar-refractivity contribution in [2.45, 2.75) is 25.1 Å². The van der Waals surface area contributed by atoms with Crippen LogP contribution in [0.1, 0.15) is 13.8 Å². The van der Waals surface area contributed by atoms with Crippen LogP contribution in [0, 0.1) is 0 Å². The third kappa shape index (κ3) is 3.42. The van der Waals surface area contributed by atoms with Gasteiger partial charge in [0, 0.05) is 18.8 Å². The van der Waals surface area contributed by atoms with Crippen LogP contribution < -0.4 is 0 Å². The van der Waals surface area contributed by atoms with Gasteiger partial charge >= 0.3 is 0 Å². The molecule has 6 heteroatoms. The quantitative estimate of drug-likeness (QED) is 0.730. The largest absolute Gasteiger partial charge is 0.395 e. The SMILES string of the molecule is CSCC(C)N(C)S(=O)(=O)C(C)CO. The molecule has 0 aromatic heterocycles. The molecule has 0 heterocycles. The van der Waals surface area contributed by atoms with E-state index in [4.69, 9.17) is 5.11 Å². The Balaban J connectivity index is 4.58. The maximum Gasteiger partial charge on any atom is 0.218 e. The maximum atomic E-state index is 11.7. The van der Waals surface area contributed by atoms with Gasteiger partial charge < -0.3 is 5.11 Å². The Morgan fingerprint density at radius 2 is 1.93 bits per heavy atom. The Hall–Kier alpha value is 0.220. The Kier molecular flexibility index (Phi) is 6.04. The number of aliphatic hydroxyl groups excluding tert-OH is 1. The smallest absolute Gasteiger partial charge is 0.218 e. The predicted octanol–water partition coefficient (Wildman–Crippen LogP) is 0.380. The number of thioether (sulfide) groups is 1. The molecule has 0 amide bonds. The average Bonchev–Trinajstić information content (AvgIpc) is 2.15. The van der Waals surface area contributed by atoms with Crippen molar-refractivity contribution >= 4 is 21.8 Å². The highest BCUT2D eigenvalue weighted by Gasteiger charge is 2.28. The van der Waals surface area contributed by atoms with Crippen LogP contribution in [0.3, 0.4) is 0 Å². The van der Waals surface area contributed by atoms with Crippen LogP contribution in [-0.2, 0) is 10.0 Å². The lowest BCUT2D eigenvalue weighted by molar-refractivity contribution is 0.288. The molecule has 0 fully saturated rings. The second kappa shape index (κ2) is 5.95. The van der Waals surface area contributed by atoms with Crippen molar-refractivity contribution in [1.82, 2.24) is 4.31 Å². The number of sulfonamides is 1. The van der Waals surface area contributed by atoms with E-state index in [1.807, 2.05) is 13.2 Å². The predicted molar refractivity (Wildman–Crippen MR) is 61.1 cm³/mol. The standard InChI is InChI=1S/C8H19NO3S2/c1-7(6-13-4)9(3)14(11,12)8(2)5-10/h7-8,10H,5-6H2,1-4H3. The highest BCUT2D eigenvalue weighted by Crippen LogP contribution is 2.12. The molecule has 0 bridgehead atoms. The summed E-state index contributed by atoms with van der Waals surface area (Å²) in [4.78, 5) is 0. The average molecular weight is 241 g/mol. The van der Waals surface area contributed by atoms with Gasteiger partial charge in [0.1, 0.15) is 0 Å². The summed E-state index contributed by atoms with van der Waals surface area (Å²) in [5.41, 5.74) is 0. The van der Waals surface area contributed by atoms with Crippen molar-refractivity contribution in [2.75, 3.05) is 25.7 Å². The molecule has 86 valence electrons. The van der Waals surface area contributed by atoms with Gasteiger partial charge in [-0.1, -0.05) is 0 Å². The Morgan fingerprint density at radius 1 is 1.43 bits per heavy atom. The fourth-order valence-electron chi connectivity index (χ4n) is 0.975. The van der Waals surface area contributed by atoms with Crippen molar-refractivity contribution in [1.29, 1.82) is 0 Å². The zero-order chi connectivity index (χ0) is 11.4. The van der Waals surface area contributed by atoms with Gasteiger partial charge in [0.25, 0.3) is 0 Å². The molecule has 14 heavy (non-hydrogen) atoms. The summed E-state index contributed by atoms with van der Waals surface area (Å²) in [6.07, 6.45) is 1.94. The molecule has 2 atom stereocenters. The molecule has 0 saturated carbocycles. The summed E-state index contributed by atoms with van der Waals surface area (Å²) in [5, 5.41) is 8.09. The number of rotatable bonds is 6. The van der Waals surface area contributed by atoms with Crippen LogP contribution >= 0.6 is 11.8 Å². The van der Waals surface area contributed by atoms with Crippen molar-refractivity contribution < 1.29 is 13.5 Å². The highest BCUT2D eigenvalue weighted by atomic mass is 32.2. The third-order valence-electron chi connectivity index (χ3n) is 2.20. The van der Waals surface area contributed by atoms with E-state index in [9.17, 15) is 8.42 Å². The third-order valence-corrected chi connectivity index (χ3v) is 5.34. The van der Waals surface area contributed by atoms with Gasteiger partial charge in [0.05, 0.1) is 11.9 Å². The van der Waals surface area contributed by atoms with Crippen molar-refractivity contribution in [3.8, 4) is 0 Å². The molecule has 0 aromatic rings. The highest BCUT2D eigenvalue weighted by molar-refractivity contribution is 7.98. The van der Waals surface area contributed by atoms with Gasteiger partial charge in [0.15, 0.2) is 0 Å². The summed E-state index contributed by atoms with van der Waals surface area (Å²) >= 11 is 1.60. The maximum absolute atomic E-state index is 11.7. The van der Waals surface area contributed by atoms with E-state index < -0.39 is 15.3 Å². The van der Waals surface area contributed by atoms with E-state index in [1.54, 1.807) is 18.8 Å². The normalized spacial score (nSPS) is 17.0. The molecule has 0 aliphatic carbocycles. The topological polar surface area (TPSA) is 57.6 Å². The first-order chi connectivity index (χ1) is 6.37. The molecular formula is C8H19NO3S2. The molecule has 0 aliphatic rings.